The number of carboxylic acids is 1. The maximum atomic E-state index is 12.7. The van der Waals surface area contributed by atoms with Gasteiger partial charge in [-0.25, -0.2) is 4.79 Å². The SMILES string of the molecule is CC(NC(=O)C1(C)COCC1NC(=O)OCC1c2ccccc2-c2ccccc21)C(=O)O. The van der Waals surface area contributed by atoms with E-state index in [4.69, 9.17) is 14.6 Å². The molecular weight excluding hydrogens is 412 g/mol. The van der Waals surface area contributed by atoms with Crippen LogP contribution < -0.4 is 10.6 Å². The van der Waals surface area contributed by atoms with Gasteiger partial charge in [-0.15, -0.1) is 0 Å². The summed E-state index contributed by atoms with van der Waals surface area (Å²) < 4.78 is 11.0. The molecule has 1 aliphatic carbocycles. The molecule has 2 aromatic rings. The maximum Gasteiger partial charge on any atom is 0.407 e. The van der Waals surface area contributed by atoms with E-state index in [1.807, 2.05) is 36.4 Å². The third-order valence-electron chi connectivity index (χ3n) is 6.33. The lowest BCUT2D eigenvalue weighted by Crippen LogP contribution is -2.55. The predicted molar refractivity (Wildman–Crippen MR) is 116 cm³/mol. The third-order valence-corrected chi connectivity index (χ3v) is 6.33. The van der Waals surface area contributed by atoms with E-state index in [1.54, 1.807) is 6.92 Å². The molecule has 168 valence electrons. The molecular formula is C24H26N2O6. The summed E-state index contributed by atoms with van der Waals surface area (Å²) in [6.07, 6.45) is -0.646. The van der Waals surface area contributed by atoms with Crippen LogP contribution in [0, 0.1) is 5.41 Å². The van der Waals surface area contributed by atoms with Crippen molar-refractivity contribution in [2.24, 2.45) is 5.41 Å². The highest BCUT2D eigenvalue weighted by Gasteiger charge is 2.48. The number of fused-ring (bicyclic) bond motifs is 3. The van der Waals surface area contributed by atoms with Gasteiger partial charge in [-0.3, -0.25) is 9.59 Å². The van der Waals surface area contributed by atoms with Crippen LogP contribution in [-0.4, -0.2) is 55.0 Å². The van der Waals surface area contributed by atoms with E-state index < -0.39 is 35.5 Å². The highest BCUT2D eigenvalue weighted by atomic mass is 16.5. The maximum absolute atomic E-state index is 12.7. The van der Waals surface area contributed by atoms with Gasteiger partial charge in [0, 0.05) is 5.92 Å². The first-order valence-electron chi connectivity index (χ1n) is 10.5. The molecule has 1 aliphatic heterocycles. The van der Waals surface area contributed by atoms with Gasteiger partial charge in [-0.1, -0.05) is 48.5 Å². The number of hydrogen-bond acceptors (Lipinski definition) is 5. The van der Waals surface area contributed by atoms with Crippen LogP contribution in [0.1, 0.15) is 30.9 Å². The third kappa shape index (κ3) is 3.93. The van der Waals surface area contributed by atoms with Gasteiger partial charge in [0.2, 0.25) is 5.91 Å². The van der Waals surface area contributed by atoms with Crippen molar-refractivity contribution in [2.45, 2.75) is 31.8 Å². The number of alkyl carbamates (subject to hydrolysis) is 1. The number of hydrogen-bond donors (Lipinski definition) is 3. The second-order valence-corrected chi connectivity index (χ2v) is 8.49. The van der Waals surface area contributed by atoms with Crippen LogP contribution in [0.4, 0.5) is 4.79 Å². The van der Waals surface area contributed by atoms with E-state index in [9.17, 15) is 14.4 Å². The van der Waals surface area contributed by atoms with E-state index in [2.05, 4.69) is 22.8 Å². The summed E-state index contributed by atoms with van der Waals surface area (Å²) in [7, 11) is 0. The van der Waals surface area contributed by atoms with Gasteiger partial charge in [-0.2, -0.15) is 0 Å². The highest BCUT2D eigenvalue weighted by Crippen LogP contribution is 2.44. The zero-order valence-corrected chi connectivity index (χ0v) is 18.0. The number of carbonyl (C=O) groups excluding carboxylic acids is 2. The molecule has 1 saturated heterocycles. The van der Waals surface area contributed by atoms with Gasteiger partial charge in [-0.05, 0) is 36.1 Å². The molecule has 3 unspecified atom stereocenters. The number of benzene rings is 2. The molecule has 2 aromatic carbocycles. The fraction of sp³-hybridized carbons (Fsp3) is 0.375. The Morgan fingerprint density at radius 3 is 2.31 bits per heavy atom. The summed E-state index contributed by atoms with van der Waals surface area (Å²) >= 11 is 0. The van der Waals surface area contributed by atoms with E-state index in [-0.39, 0.29) is 25.7 Å². The fourth-order valence-corrected chi connectivity index (χ4v) is 4.30. The van der Waals surface area contributed by atoms with E-state index >= 15 is 0 Å². The number of amides is 2. The molecule has 32 heavy (non-hydrogen) atoms. The Morgan fingerprint density at radius 2 is 1.72 bits per heavy atom. The number of aliphatic carboxylic acids is 1. The minimum atomic E-state index is -1.14. The molecule has 1 heterocycles. The molecule has 2 amide bonds. The van der Waals surface area contributed by atoms with Gasteiger partial charge in [0.25, 0.3) is 0 Å². The van der Waals surface area contributed by atoms with Crippen molar-refractivity contribution in [1.29, 1.82) is 0 Å². The molecule has 8 heteroatoms. The minimum absolute atomic E-state index is 0.0689. The fourth-order valence-electron chi connectivity index (χ4n) is 4.30. The monoisotopic (exact) mass is 438 g/mol. The molecule has 4 rings (SSSR count). The van der Waals surface area contributed by atoms with Gasteiger partial charge < -0.3 is 25.2 Å². The van der Waals surface area contributed by atoms with Gasteiger partial charge in [0.1, 0.15) is 12.6 Å². The minimum Gasteiger partial charge on any atom is -0.480 e. The molecule has 0 aromatic heterocycles. The van der Waals surface area contributed by atoms with Crippen molar-refractivity contribution in [2.75, 3.05) is 19.8 Å². The number of nitrogens with one attached hydrogen (secondary N) is 2. The Balaban J connectivity index is 1.41. The first kappa shape index (κ1) is 21.8. The summed E-state index contributed by atoms with van der Waals surface area (Å²) in [4.78, 5) is 36.3. The molecule has 2 aliphatic rings. The molecule has 0 radical (unpaired) electrons. The van der Waals surface area contributed by atoms with Crippen LogP contribution in [0.3, 0.4) is 0 Å². The quantitative estimate of drug-likeness (QED) is 0.639. The van der Waals surface area contributed by atoms with E-state index in [0.717, 1.165) is 22.3 Å². The largest absolute Gasteiger partial charge is 0.480 e. The zero-order valence-electron chi connectivity index (χ0n) is 18.0. The summed E-state index contributed by atoms with van der Waals surface area (Å²) in [5.74, 6) is -1.70. The Hall–Kier alpha value is -3.39. The molecule has 0 bridgehead atoms. The van der Waals surface area contributed by atoms with Crippen LogP contribution in [0.25, 0.3) is 11.1 Å². The molecule has 3 atom stereocenters. The molecule has 8 nitrogen and oxygen atoms in total. The van der Waals surface area contributed by atoms with Crippen LogP contribution >= 0.6 is 0 Å². The number of carbonyl (C=O) groups is 3. The summed E-state index contributed by atoms with van der Waals surface area (Å²) in [5.41, 5.74) is 3.39. The van der Waals surface area contributed by atoms with Crippen LogP contribution in [0.5, 0.6) is 0 Å². The van der Waals surface area contributed by atoms with Gasteiger partial charge in [0.05, 0.1) is 24.7 Å². The van der Waals surface area contributed by atoms with Crippen LogP contribution in [0.2, 0.25) is 0 Å². The summed E-state index contributed by atoms with van der Waals surface area (Å²) in [6.45, 7) is 3.38. The van der Waals surface area contributed by atoms with Crippen molar-refractivity contribution in [1.82, 2.24) is 10.6 Å². The Morgan fingerprint density at radius 1 is 1.12 bits per heavy atom. The van der Waals surface area contributed by atoms with E-state index in [1.165, 1.54) is 6.92 Å². The van der Waals surface area contributed by atoms with Crippen molar-refractivity contribution in [3.05, 3.63) is 59.7 Å². The number of rotatable bonds is 6. The first-order chi connectivity index (χ1) is 15.3. The van der Waals surface area contributed by atoms with Crippen molar-refractivity contribution in [3.8, 4) is 11.1 Å². The normalized spacial score (nSPS) is 22.5. The lowest BCUT2D eigenvalue weighted by molar-refractivity contribution is -0.143. The first-order valence-corrected chi connectivity index (χ1v) is 10.5. The lowest BCUT2D eigenvalue weighted by atomic mass is 9.84. The van der Waals surface area contributed by atoms with Crippen LogP contribution in [-0.2, 0) is 19.1 Å². The number of carboxylic acid groups (broad SMARTS) is 1. The smallest absolute Gasteiger partial charge is 0.407 e. The van der Waals surface area contributed by atoms with Crippen LogP contribution in [0.15, 0.2) is 48.5 Å². The van der Waals surface area contributed by atoms with Crippen molar-refractivity contribution >= 4 is 18.0 Å². The van der Waals surface area contributed by atoms with Gasteiger partial charge >= 0.3 is 12.1 Å². The average molecular weight is 438 g/mol. The van der Waals surface area contributed by atoms with E-state index in [0.29, 0.717) is 0 Å². The standard InChI is InChI=1S/C24H26N2O6/c1-14(21(27)28)25-22(29)24(2)13-31-12-20(24)26-23(30)32-11-19-17-9-5-3-7-15(17)16-8-4-6-10-18(16)19/h3-10,14,19-20H,11-13H2,1-2H3,(H,25,29)(H,26,30)(H,27,28). The molecule has 1 fully saturated rings. The predicted octanol–water partition coefficient (Wildman–Crippen LogP) is 2.52. The number of ether oxygens (including phenoxy) is 2. The Kier molecular flexibility index (Phi) is 5.88. The topological polar surface area (TPSA) is 114 Å². The summed E-state index contributed by atoms with van der Waals surface area (Å²) in [6, 6.07) is 14.4. The second kappa shape index (κ2) is 8.63. The Bertz CT molecular complexity index is 1010. The summed E-state index contributed by atoms with van der Waals surface area (Å²) in [5, 5.41) is 14.2. The van der Waals surface area contributed by atoms with Crippen molar-refractivity contribution in [3.63, 3.8) is 0 Å². The Labute approximate surface area is 185 Å². The molecule has 3 N–H and O–H groups in total. The molecule has 0 spiro atoms. The van der Waals surface area contributed by atoms with Gasteiger partial charge in [0.15, 0.2) is 0 Å². The highest BCUT2D eigenvalue weighted by molar-refractivity contribution is 5.88. The zero-order chi connectivity index (χ0) is 22.9. The lowest BCUT2D eigenvalue weighted by Gasteiger charge is -2.29. The average Bonchev–Trinajstić information content (AvgIpc) is 3.31. The molecule has 0 saturated carbocycles. The van der Waals surface area contributed by atoms with Crippen molar-refractivity contribution < 1.29 is 29.0 Å². The second-order valence-electron chi connectivity index (χ2n) is 8.49.